The second-order valence-corrected chi connectivity index (χ2v) is 10.3. The van der Waals surface area contributed by atoms with Crippen LogP contribution >= 0.6 is 34.3 Å². The Morgan fingerprint density at radius 3 is 2.73 bits per heavy atom. The third-order valence-corrected chi connectivity index (χ3v) is 7.82. The lowest BCUT2D eigenvalue weighted by Crippen LogP contribution is -2.48. The Morgan fingerprint density at radius 2 is 1.94 bits per heavy atom. The Kier molecular flexibility index (Phi) is 6.87. The SMILES string of the molecule is O=C(CCc1nc(-c2ccsc2)no1)N1CCN(Cc2ccc(-c3ccccc3Cl)s2)CC1. The lowest BCUT2D eigenvalue weighted by atomic mass is 10.2. The molecule has 1 amide bonds. The minimum Gasteiger partial charge on any atom is -0.340 e. The molecule has 0 atom stereocenters. The van der Waals surface area contributed by atoms with Crippen LogP contribution in [0.4, 0.5) is 0 Å². The van der Waals surface area contributed by atoms with Gasteiger partial charge >= 0.3 is 0 Å². The first-order valence-corrected chi connectivity index (χ1v) is 13.0. The lowest BCUT2D eigenvalue weighted by Gasteiger charge is -2.34. The third kappa shape index (κ3) is 5.35. The fourth-order valence-electron chi connectivity index (χ4n) is 3.88. The van der Waals surface area contributed by atoms with E-state index >= 15 is 0 Å². The minimum atomic E-state index is 0.141. The molecule has 0 saturated carbocycles. The molecule has 0 bridgehead atoms. The van der Waals surface area contributed by atoms with Crippen molar-refractivity contribution in [1.29, 1.82) is 0 Å². The van der Waals surface area contributed by atoms with Crippen LogP contribution in [0.5, 0.6) is 0 Å². The van der Waals surface area contributed by atoms with Crippen molar-refractivity contribution in [2.75, 3.05) is 26.2 Å². The summed E-state index contributed by atoms with van der Waals surface area (Å²) < 4.78 is 5.31. The predicted molar refractivity (Wildman–Crippen MR) is 133 cm³/mol. The Hall–Kier alpha value is -2.52. The van der Waals surface area contributed by atoms with Crippen molar-refractivity contribution < 1.29 is 9.32 Å². The number of aryl methyl sites for hydroxylation is 1. The summed E-state index contributed by atoms with van der Waals surface area (Å²) >= 11 is 9.71. The van der Waals surface area contributed by atoms with Crippen LogP contribution in [-0.4, -0.2) is 52.0 Å². The number of rotatable bonds is 7. The molecule has 1 aliphatic heterocycles. The summed E-state index contributed by atoms with van der Waals surface area (Å²) in [5.41, 5.74) is 2.02. The molecule has 0 N–H and O–H groups in total. The average Bonchev–Trinajstić information content (AvgIpc) is 3.60. The van der Waals surface area contributed by atoms with Crippen molar-refractivity contribution in [2.24, 2.45) is 0 Å². The number of piperazine rings is 1. The Morgan fingerprint density at radius 1 is 1.09 bits per heavy atom. The highest BCUT2D eigenvalue weighted by Crippen LogP contribution is 2.33. The number of halogens is 1. The van der Waals surface area contributed by atoms with Gasteiger partial charge in [0.1, 0.15) is 0 Å². The second kappa shape index (κ2) is 10.2. The first-order valence-electron chi connectivity index (χ1n) is 10.8. The van der Waals surface area contributed by atoms with Crippen molar-refractivity contribution in [3.8, 4) is 21.8 Å². The molecule has 33 heavy (non-hydrogen) atoms. The van der Waals surface area contributed by atoms with Gasteiger partial charge in [-0.25, -0.2) is 0 Å². The molecule has 4 aromatic rings. The fraction of sp³-hybridized carbons (Fsp3) is 0.292. The maximum atomic E-state index is 12.7. The second-order valence-electron chi connectivity index (χ2n) is 7.93. The van der Waals surface area contributed by atoms with Crippen molar-refractivity contribution in [3.05, 3.63) is 69.0 Å². The summed E-state index contributed by atoms with van der Waals surface area (Å²) in [7, 11) is 0. The van der Waals surface area contributed by atoms with Crippen LogP contribution in [0.25, 0.3) is 21.8 Å². The van der Waals surface area contributed by atoms with Crippen LogP contribution in [0.1, 0.15) is 17.2 Å². The van der Waals surface area contributed by atoms with Crippen LogP contribution < -0.4 is 0 Å². The van der Waals surface area contributed by atoms with Gasteiger partial charge in [-0.05, 0) is 29.6 Å². The molecule has 0 unspecified atom stereocenters. The zero-order valence-electron chi connectivity index (χ0n) is 17.9. The minimum absolute atomic E-state index is 0.141. The molecule has 5 rings (SSSR count). The third-order valence-electron chi connectivity index (χ3n) is 5.71. The van der Waals surface area contributed by atoms with Gasteiger partial charge in [0.05, 0.1) is 0 Å². The van der Waals surface area contributed by atoms with Crippen LogP contribution in [0, 0.1) is 0 Å². The molecule has 1 aliphatic rings. The van der Waals surface area contributed by atoms with E-state index in [4.69, 9.17) is 16.1 Å². The highest BCUT2D eigenvalue weighted by atomic mass is 35.5. The summed E-state index contributed by atoms with van der Waals surface area (Å²) in [4.78, 5) is 23.9. The topological polar surface area (TPSA) is 62.5 Å². The van der Waals surface area contributed by atoms with E-state index in [1.54, 1.807) is 22.7 Å². The number of hydrogen-bond donors (Lipinski definition) is 0. The van der Waals surface area contributed by atoms with Crippen LogP contribution in [-0.2, 0) is 17.8 Å². The molecule has 4 heterocycles. The Labute approximate surface area is 205 Å². The molecular weight excluding hydrogens is 476 g/mol. The van der Waals surface area contributed by atoms with Crippen LogP contribution in [0.2, 0.25) is 5.02 Å². The standard InChI is InChI=1S/C24H23ClN4O2S2/c25-20-4-2-1-3-19(20)21-6-5-18(33-21)15-28-10-12-29(13-11-28)23(30)8-7-22-26-24(27-31-22)17-9-14-32-16-17/h1-6,9,14,16H,7-8,10-13,15H2. The molecule has 1 aromatic carbocycles. The van der Waals surface area contributed by atoms with Crippen molar-refractivity contribution in [2.45, 2.75) is 19.4 Å². The first-order chi connectivity index (χ1) is 16.2. The maximum Gasteiger partial charge on any atom is 0.227 e. The van der Waals surface area contributed by atoms with Crippen molar-refractivity contribution in [1.82, 2.24) is 19.9 Å². The number of carbonyl (C=O) groups excluding carboxylic acids is 1. The van der Waals surface area contributed by atoms with Crippen molar-refractivity contribution in [3.63, 3.8) is 0 Å². The molecule has 0 spiro atoms. The number of amides is 1. The van der Waals surface area contributed by atoms with Gasteiger partial charge in [-0.3, -0.25) is 9.69 Å². The molecular formula is C24H23ClN4O2S2. The lowest BCUT2D eigenvalue weighted by molar-refractivity contribution is -0.133. The van der Waals surface area contributed by atoms with Gasteiger partial charge in [0.2, 0.25) is 17.6 Å². The number of hydrogen-bond acceptors (Lipinski definition) is 7. The fourth-order valence-corrected chi connectivity index (χ4v) is 5.90. The normalized spacial score (nSPS) is 14.6. The van der Waals surface area contributed by atoms with Gasteiger partial charge in [-0.15, -0.1) is 11.3 Å². The van der Waals surface area contributed by atoms with E-state index in [1.165, 1.54) is 9.75 Å². The molecule has 6 nitrogen and oxygen atoms in total. The number of nitrogens with zero attached hydrogens (tertiary/aromatic N) is 4. The van der Waals surface area contributed by atoms with Gasteiger partial charge in [-0.1, -0.05) is 35.0 Å². The van der Waals surface area contributed by atoms with Crippen LogP contribution in [0.15, 0.2) is 57.7 Å². The summed E-state index contributed by atoms with van der Waals surface area (Å²) in [5.74, 6) is 1.23. The van der Waals surface area contributed by atoms with E-state index in [0.717, 1.165) is 48.9 Å². The van der Waals surface area contributed by atoms with Crippen LogP contribution in [0.3, 0.4) is 0 Å². The molecule has 3 aromatic heterocycles. The number of carbonyl (C=O) groups is 1. The summed E-state index contributed by atoms with van der Waals surface area (Å²) in [6.07, 6.45) is 0.855. The predicted octanol–water partition coefficient (Wildman–Crippen LogP) is 5.46. The molecule has 1 saturated heterocycles. The Balaban J connectivity index is 1.09. The number of thiophene rings is 2. The van der Waals surface area contributed by atoms with Gasteiger partial charge < -0.3 is 9.42 Å². The highest BCUT2D eigenvalue weighted by Gasteiger charge is 2.22. The van der Waals surface area contributed by atoms with Gasteiger partial charge in [0.25, 0.3) is 0 Å². The van der Waals surface area contributed by atoms with E-state index in [2.05, 4.69) is 33.2 Å². The van der Waals surface area contributed by atoms with E-state index in [1.807, 2.05) is 39.9 Å². The zero-order valence-corrected chi connectivity index (χ0v) is 20.3. The highest BCUT2D eigenvalue weighted by molar-refractivity contribution is 7.15. The average molecular weight is 499 g/mol. The monoisotopic (exact) mass is 498 g/mol. The zero-order chi connectivity index (χ0) is 22.6. The quantitative estimate of drug-likeness (QED) is 0.338. The smallest absolute Gasteiger partial charge is 0.227 e. The molecule has 0 radical (unpaired) electrons. The van der Waals surface area contributed by atoms with E-state index in [-0.39, 0.29) is 5.91 Å². The first kappa shape index (κ1) is 22.3. The number of benzene rings is 1. The largest absolute Gasteiger partial charge is 0.340 e. The summed E-state index contributed by atoms with van der Waals surface area (Å²) in [5, 5.41) is 8.74. The van der Waals surface area contributed by atoms with Gasteiger partial charge in [-0.2, -0.15) is 16.3 Å². The van der Waals surface area contributed by atoms with Gasteiger partial charge in [0.15, 0.2) is 0 Å². The molecule has 0 aliphatic carbocycles. The summed E-state index contributed by atoms with van der Waals surface area (Å²) in [6, 6.07) is 14.2. The molecule has 9 heteroatoms. The maximum absolute atomic E-state index is 12.7. The van der Waals surface area contributed by atoms with E-state index < -0.39 is 0 Å². The van der Waals surface area contributed by atoms with Gasteiger partial charge in [0, 0.05) is 76.8 Å². The van der Waals surface area contributed by atoms with Crippen molar-refractivity contribution >= 4 is 40.2 Å². The molecule has 170 valence electrons. The molecule has 1 fully saturated rings. The van der Waals surface area contributed by atoms with E-state index in [0.29, 0.717) is 24.6 Å². The van der Waals surface area contributed by atoms with E-state index in [9.17, 15) is 4.79 Å². The summed E-state index contributed by atoms with van der Waals surface area (Å²) in [6.45, 7) is 4.11. The Bertz CT molecular complexity index is 1210. The number of aromatic nitrogens is 2.